The summed E-state index contributed by atoms with van der Waals surface area (Å²) in [5.74, 6) is -0.392. The van der Waals surface area contributed by atoms with Crippen LogP contribution in [0.1, 0.15) is 22.8 Å². The fraction of sp³-hybridized carbons (Fsp3) is 0.312. The van der Waals surface area contributed by atoms with Crippen molar-refractivity contribution in [2.75, 3.05) is 19.7 Å². The molecule has 0 spiro atoms. The van der Waals surface area contributed by atoms with E-state index in [0.717, 1.165) is 30.8 Å². The van der Waals surface area contributed by atoms with Crippen molar-refractivity contribution in [1.82, 2.24) is 10.3 Å². The van der Waals surface area contributed by atoms with Gasteiger partial charge < -0.3 is 10.1 Å². The van der Waals surface area contributed by atoms with E-state index in [9.17, 15) is 4.39 Å². The first-order chi connectivity index (χ1) is 9.83. The first-order valence-corrected chi connectivity index (χ1v) is 6.83. The van der Waals surface area contributed by atoms with Crippen LogP contribution in [0, 0.1) is 5.95 Å². The maximum absolute atomic E-state index is 13.5. The molecule has 1 aliphatic heterocycles. The number of nitrogens with zero attached hydrogens (tertiary/aromatic N) is 1. The molecule has 3 nitrogen and oxygen atoms in total. The van der Waals surface area contributed by atoms with Crippen LogP contribution in [-0.2, 0) is 11.2 Å². The Balaban J connectivity index is 1.71. The minimum atomic E-state index is -0.392. The number of pyridine rings is 1. The lowest BCUT2D eigenvalue weighted by Crippen LogP contribution is -2.33. The average molecular weight is 272 g/mol. The third-order valence-electron chi connectivity index (χ3n) is 3.51. The predicted molar refractivity (Wildman–Crippen MR) is 75.0 cm³/mol. The molecule has 0 unspecified atom stereocenters. The van der Waals surface area contributed by atoms with Gasteiger partial charge >= 0.3 is 0 Å². The van der Waals surface area contributed by atoms with E-state index >= 15 is 0 Å². The summed E-state index contributed by atoms with van der Waals surface area (Å²) in [4.78, 5) is 3.67. The molecule has 0 bridgehead atoms. The Bertz CT molecular complexity index is 565. The fourth-order valence-electron chi connectivity index (χ4n) is 2.40. The van der Waals surface area contributed by atoms with Gasteiger partial charge in [-0.05, 0) is 17.2 Å². The first-order valence-electron chi connectivity index (χ1n) is 6.83. The molecule has 1 saturated heterocycles. The van der Waals surface area contributed by atoms with Crippen LogP contribution in [0.5, 0.6) is 0 Å². The molecule has 20 heavy (non-hydrogen) atoms. The number of aromatic nitrogens is 1. The Kier molecular flexibility index (Phi) is 4.04. The Hall–Kier alpha value is -1.78. The number of rotatable bonds is 3. The van der Waals surface area contributed by atoms with Crippen molar-refractivity contribution in [3.05, 3.63) is 65.2 Å². The largest absolute Gasteiger partial charge is 0.371 e. The molecule has 1 aromatic carbocycles. The zero-order chi connectivity index (χ0) is 13.8. The smallest absolute Gasteiger partial charge is 0.216 e. The van der Waals surface area contributed by atoms with E-state index in [1.807, 2.05) is 12.1 Å². The number of halogens is 1. The van der Waals surface area contributed by atoms with Gasteiger partial charge in [0.05, 0.1) is 12.7 Å². The molecular formula is C16H17FN2O. The van der Waals surface area contributed by atoms with Crippen molar-refractivity contribution >= 4 is 0 Å². The van der Waals surface area contributed by atoms with E-state index in [-0.39, 0.29) is 6.10 Å². The Labute approximate surface area is 117 Å². The van der Waals surface area contributed by atoms with Gasteiger partial charge in [-0.2, -0.15) is 4.39 Å². The predicted octanol–water partition coefficient (Wildman–Crippen LogP) is 2.47. The summed E-state index contributed by atoms with van der Waals surface area (Å²) >= 11 is 0. The molecule has 2 heterocycles. The molecule has 0 amide bonds. The molecular weight excluding hydrogens is 255 g/mol. The van der Waals surface area contributed by atoms with Crippen LogP contribution in [0.4, 0.5) is 4.39 Å². The van der Waals surface area contributed by atoms with Gasteiger partial charge in [-0.25, -0.2) is 4.98 Å². The molecule has 0 radical (unpaired) electrons. The Morgan fingerprint density at radius 2 is 2.10 bits per heavy atom. The van der Waals surface area contributed by atoms with Gasteiger partial charge in [0.25, 0.3) is 0 Å². The van der Waals surface area contributed by atoms with Crippen molar-refractivity contribution in [2.45, 2.75) is 12.5 Å². The van der Waals surface area contributed by atoms with Crippen molar-refractivity contribution in [1.29, 1.82) is 0 Å². The Morgan fingerprint density at radius 3 is 2.80 bits per heavy atom. The standard InChI is InChI=1S/C16H17FN2O/c17-16-14(2-1-7-19-16)10-12-3-5-13(6-4-12)15-11-18-8-9-20-15/h1-7,15,18H,8-11H2/t15-/m1/s1. The second kappa shape index (κ2) is 6.11. The van der Waals surface area contributed by atoms with Crippen LogP contribution in [-0.4, -0.2) is 24.7 Å². The monoisotopic (exact) mass is 272 g/mol. The highest BCUT2D eigenvalue weighted by Crippen LogP contribution is 2.20. The van der Waals surface area contributed by atoms with Gasteiger partial charge in [-0.3, -0.25) is 0 Å². The Morgan fingerprint density at radius 1 is 1.25 bits per heavy atom. The highest BCUT2D eigenvalue weighted by molar-refractivity contribution is 5.29. The summed E-state index contributed by atoms with van der Waals surface area (Å²) in [5.41, 5.74) is 2.85. The molecule has 104 valence electrons. The third kappa shape index (κ3) is 3.03. The molecule has 1 aromatic heterocycles. The molecule has 0 aliphatic carbocycles. The van der Waals surface area contributed by atoms with E-state index < -0.39 is 5.95 Å². The van der Waals surface area contributed by atoms with Gasteiger partial charge in [0.2, 0.25) is 5.95 Å². The van der Waals surface area contributed by atoms with E-state index in [4.69, 9.17) is 4.74 Å². The summed E-state index contributed by atoms with van der Waals surface area (Å²) in [6.45, 7) is 2.50. The van der Waals surface area contributed by atoms with Gasteiger partial charge in [-0.1, -0.05) is 30.3 Å². The second-order valence-electron chi connectivity index (χ2n) is 4.94. The number of ether oxygens (including phenoxy) is 1. The van der Waals surface area contributed by atoms with E-state index in [1.54, 1.807) is 12.1 Å². The molecule has 1 N–H and O–H groups in total. The molecule has 4 heteroatoms. The fourth-order valence-corrected chi connectivity index (χ4v) is 2.40. The summed E-state index contributed by atoms with van der Waals surface area (Å²) in [6, 6.07) is 11.7. The van der Waals surface area contributed by atoms with E-state index in [0.29, 0.717) is 12.0 Å². The van der Waals surface area contributed by atoms with Crippen LogP contribution in [0.25, 0.3) is 0 Å². The maximum atomic E-state index is 13.5. The lowest BCUT2D eigenvalue weighted by molar-refractivity contribution is 0.0277. The van der Waals surface area contributed by atoms with Crippen molar-refractivity contribution in [2.24, 2.45) is 0 Å². The molecule has 3 rings (SSSR count). The highest BCUT2D eigenvalue weighted by atomic mass is 19.1. The highest BCUT2D eigenvalue weighted by Gasteiger charge is 2.15. The topological polar surface area (TPSA) is 34.2 Å². The number of hydrogen-bond acceptors (Lipinski definition) is 3. The molecule has 1 aliphatic rings. The summed E-state index contributed by atoms with van der Waals surface area (Å²) in [6.07, 6.45) is 2.15. The van der Waals surface area contributed by atoms with Crippen molar-refractivity contribution in [3.8, 4) is 0 Å². The van der Waals surface area contributed by atoms with Crippen LogP contribution < -0.4 is 5.32 Å². The normalized spacial score (nSPS) is 18.9. The minimum Gasteiger partial charge on any atom is -0.371 e. The molecule has 1 atom stereocenters. The van der Waals surface area contributed by atoms with Gasteiger partial charge in [0, 0.05) is 31.3 Å². The summed E-state index contributed by atoms with van der Waals surface area (Å²) in [5, 5.41) is 3.31. The number of benzene rings is 1. The van der Waals surface area contributed by atoms with Crippen LogP contribution in [0.3, 0.4) is 0 Å². The zero-order valence-corrected chi connectivity index (χ0v) is 11.2. The average Bonchev–Trinajstić information content (AvgIpc) is 2.51. The molecule has 0 saturated carbocycles. The lowest BCUT2D eigenvalue weighted by Gasteiger charge is -2.24. The summed E-state index contributed by atoms with van der Waals surface area (Å²) < 4.78 is 19.2. The summed E-state index contributed by atoms with van der Waals surface area (Å²) in [7, 11) is 0. The molecule has 1 fully saturated rings. The molecule has 2 aromatic rings. The van der Waals surface area contributed by atoms with Gasteiger partial charge in [0.15, 0.2) is 0 Å². The zero-order valence-electron chi connectivity index (χ0n) is 11.2. The van der Waals surface area contributed by atoms with E-state index in [2.05, 4.69) is 22.4 Å². The first kappa shape index (κ1) is 13.2. The number of nitrogens with one attached hydrogen (secondary N) is 1. The third-order valence-corrected chi connectivity index (χ3v) is 3.51. The quantitative estimate of drug-likeness (QED) is 0.872. The van der Waals surface area contributed by atoms with Gasteiger partial charge in [0.1, 0.15) is 0 Å². The van der Waals surface area contributed by atoms with Crippen molar-refractivity contribution in [3.63, 3.8) is 0 Å². The second-order valence-corrected chi connectivity index (χ2v) is 4.94. The number of morpholine rings is 1. The van der Waals surface area contributed by atoms with Crippen LogP contribution in [0.2, 0.25) is 0 Å². The van der Waals surface area contributed by atoms with Gasteiger partial charge in [-0.15, -0.1) is 0 Å². The number of hydrogen-bond donors (Lipinski definition) is 1. The van der Waals surface area contributed by atoms with Crippen molar-refractivity contribution < 1.29 is 9.13 Å². The van der Waals surface area contributed by atoms with E-state index in [1.165, 1.54) is 6.20 Å². The van der Waals surface area contributed by atoms with Crippen LogP contribution >= 0.6 is 0 Å². The van der Waals surface area contributed by atoms with Crippen LogP contribution in [0.15, 0.2) is 42.6 Å². The minimum absolute atomic E-state index is 0.118. The lowest BCUT2D eigenvalue weighted by atomic mass is 10.0. The SMILES string of the molecule is Fc1ncccc1Cc1ccc([C@H]2CNCCO2)cc1. The maximum Gasteiger partial charge on any atom is 0.216 e.